The van der Waals surface area contributed by atoms with Crippen molar-refractivity contribution in [2.24, 2.45) is 5.41 Å². The Kier molecular flexibility index (Phi) is 7.61. The molecule has 1 amide bonds. The van der Waals surface area contributed by atoms with Crippen molar-refractivity contribution >= 4 is 5.91 Å². The number of rotatable bonds is 9. The second-order valence-corrected chi connectivity index (χ2v) is 9.41. The molecule has 174 valence electrons. The van der Waals surface area contributed by atoms with Gasteiger partial charge in [-0.15, -0.1) is 0 Å². The van der Waals surface area contributed by atoms with Gasteiger partial charge < -0.3 is 14.6 Å². The number of hydrogen-bond donors (Lipinski definition) is 1. The van der Waals surface area contributed by atoms with Crippen LogP contribution in [0.3, 0.4) is 0 Å². The zero-order chi connectivity index (χ0) is 23.1. The Hall–Kier alpha value is -2.92. The summed E-state index contributed by atoms with van der Waals surface area (Å²) in [6, 6.07) is 15.3. The molecule has 0 spiro atoms. The first kappa shape index (κ1) is 23.2. The van der Waals surface area contributed by atoms with E-state index in [0.29, 0.717) is 19.8 Å². The number of aryl methyl sites for hydroxylation is 3. The maximum absolute atomic E-state index is 13.4. The van der Waals surface area contributed by atoms with Gasteiger partial charge in [0.05, 0.1) is 11.7 Å². The molecule has 2 heterocycles. The normalized spacial score (nSPS) is 15.3. The summed E-state index contributed by atoms with van der Waals surface area (Å²) in [5, 5.41) is 3.24. The maximum atomic E-state index is 13.4. The summed E-state index contributed by atoms with van der Waals surface area (Å²) in [5.74, 6) is 0.172. The Bertz CT molecular complexity index is 1030. The van der Waals surface area contributed by atoms with Crippen LogP contribution in [-0.2, 0) is 22.5 Å². The topological polar surface area (TPSA) is 56.2 Å². The number of ether oxygens (including phenoxy) is 1. The van der Waals surface area contributed by atoms with Crippen molar-refractivity contribution < 1.29 is 9.53 Å². The molecule has 1 aliphatic rings. The quantitative estimate of drug-likeness (QED) is 0.466. The Labute approximate surface area is 197 Å². The standard InChI is InChI=1S/C28H35N3O2/c1-22-16-23(2)18-26(17-22)25-7-5-6-24(19-25)20-28(8-14-33-15-9-28)27(32)30-10-3-4-12-31-13-11-29-21-31/h5-7,11,13,16-19,21H,3-4,8-10,12,14-15,20H2,1-2H3,(H,30,32). The molecule has 1 fully saturated rings. The Morgan fingerprint density at radius 1 is 1.06 bits per heavy atom. The number of nitrogens with zero attached hydrogens (tertiary/aromatic N) is 2. The summed E-state index contributed by atoms with van der Waals surface area (Å²) in [7, 11) is 0. The largest absolute Gasteiger partial charge is 0.381 e. The first-order valence-electron chi connectivity index (χ1n) is 12.0. The van der Waals surface area contributed by atoms with Crippen molar-refractivity contribution in [3.05, 3.63) is 77.9 Å². The lowest BCUT2D eigenvalue weighted by Crippen LogP contribution is -2.46. The third kappa shape index (κ3) is 6.11. The lowest BCUT2D eigenvalue weighted by atomic mass is 9.74. The Morgan fingerprint density at radius 2 is 1.85 bits per heavy atom. The first-order valence-corrected chi connectivity index (χ1v) is 12.0. The van der Waals surface area contributed by atoms with Gasteiger partial charge in [0.2, 0.25) is 5.91 Å². The molecule has 33 heavy (non-hydrogen) atoms. The zero-order valence-electron chi connectivity index (χ0n) is 19.8. The highest BCUT2D eigenvalue weighted by Crippen LogP contribution is 2.36. The van der Waals surface area contributed by atoms with Crippen molar-refractivity contribution in [3.8, 4) is 11.1 Å². The van der Waals surface area contributed by atoms with Gasteiger partial charge in [-0.05, 0) is 62.6 Å². The number of nitrogens with one attached hydrogen (secondary N) is 1. The molecule has 0 saturated carbocycles. The van der Waals surface area contributed by atoms with Crippen LogP contribution in [0.15, 0.2) is 61.2 Å². The number of aromatic nitrogens is 2. The van der Waals surface area contributed by atoms with Crippen molar-refractivity contribution in [1.29, 1.82) is 0 Å². The van der Waals surface area contributed by atoms with Crippen molar-refractivity contribution in [1.82, 2.24) is 14.9 Å². The molecule has 1 aromatic heterocycles. The highest BCUT2D eigenvalue weighted by atomic mass is 16.5. The van der Waals surface area contributed by atoms with Gasteiger partial charge in [-0.2, -0.15) is 0 Å². The van der Waals surface area contributed by atoms with E-state index < -0.39 is 5.41 Å². The third-order valence-corrected chi connectivity index (χ3v) is 6.64. The monoisotopic (exact) mass is 445 g/mol. The fourth-order valence-corrected chi connectivity index (χ4v) is 4.87. The molecule has 4 rings (SSSR count). The highest BCUT2D eigenvalue weighted by molar-refractivity contribution is 5.83. The maximum Gasteiger partial charge on any atom is 0.226 e. The average molecular weight is 446 g/mol. The van der Waals surface area contributed by atoms with Gasteiger partial charge >= 0.3 is 0 Å². The number of carbonyl (C=O) groups is 1. The van der Waals surface area contributed by atoms with E-state index in [2.05, 4.69) is 71.2 Å². The molecular formula is C28H35N3O2. The summed E-state index contributed by atoms with van der Waals surface area (Å²) >= 11 is 0. The molecule has 0 unspecified atom stereocenters. The summed E-state index contributed by atoms with van der Waals surface area (Å²) in [5.41, 5.74) is 5.79. The minimum Gasteiger partial charge on any atom is -0.381 e. The van der Waals surface area contributed by atoms with Gasteiger partial charge in [0.15, 0.2) is 0 Å². The zero-order valence-corrected chi connectivity index (χ0v) is 19.8. The van der Waals surface area contributed by atoms with Crippen molar-refractivity contribution in [2.45, 2.75) is 52.5 Å². The predicted molar refractivity (Wildman–Crippen MR) is 132 cm³/mol. The molecule has 5 heteroatoms. The van der Waals surface area contributed by atoms with Gasteiger partial charge in [0, 0.05) is 38.7 Å². The van der Waals surface area contributed by atoms with Crippen LogP contribution in [0, 0.1) is 19.3 Å². The van der Waals surface area contributed by atoms with Crippen LogP contribution >= 0.6 is 0 Å². The number of hydrogen-bond acceptors (Lipinski definition) is 3. The lowest BCUT2D eigenvalue weighted by Gasteiger charge is -2.36. The van der Waals surface area contributed by atoms with E-state index in [4.69, 9.17) is 4.74 Å². The van der Waals surface area contributed by atoms with E-state index in [1.165, 1.54) is 27.8 Å². The molecule has 5 nitrogen and oxygen atoms in total. The van der Waals surface area contributed by atoms with E-state index in [1.807, 2.05) is 12.5 Å². The minimum absolute atomic E-state index is 0.172. The van der Waals surface area contributed by atoms with Crippen LogP contribution in [-0.4, -0.2) is 35.2 Å². The van der Waals surface area contributed by atoms with E-state index in [-0.39, 0.29) is 5.91 Å². The predicted octanol–water partition coefficient (Wildman–Crippen LogP) is 5.10. The smallest absolute Gasteiger partial charge is 0.226 e. The molecule has 3 aromatic rings. The first-order chi connectivity index (χ1) is 16.0. The molecule has 1 aliphatic heterocycles. The lowest BCUT2D eigenvalue weighted by molar-refractivity contribution is -0.136. The second kappa shape index (κ2) is 10.8. The van der Waals surface area contributed by atoms with Gasteiger partial charge in [0.25, 0.3) is 0 Å². The molecule has 1 saturated heterocycles. The fraction of sp³-hybridized carbons (Fsp3) is 0.429. The van der Waals surface area contributed by atoms with Crippen LogP contribution in [0.5, 0.6) is 0 Å². The van der Waals surface area contributed by atoms with E-state index >= 15 is 0 Å². The Morgan fingerprint density at radius 3 is 2.58 bits per heavy atom. The number of benzene rings is 2. The summed E-state index contributed by atoms with van der Waals surface area (Å²) < 4.78 is 7.70. The van der Waals surface area contributed by atoms with E-state index in [9.17, 15) is 4.79 Å². The van der Waals surface area contributed by atoms with Crippen LogP contribution in [0.2, 0.25) is 0 Å². The SMILES string of the molecule is Cc1cc(C)cc(-c2cccc(CC3(C(=O)NCCCCn4ccnc4)CCOCC3)c2)c1. The van der Waals surface area contributed by atoms with Crippen LogP contribution in [0.25, 0.3) is 11.1 Å². The molecule has 0 radical (unpaired) electrons. The van der Waals surface area contributed by atoms with Gasteiger partial charge in [0.1, 0.15) is 0 Å². The molecule has 2 aromatic carbocycles. The minimum atomic E-state index is -0.399. The van der Waals surface area contributed by atoms with Crippen LogP contribution < -0.4 is 5.32 Å². The Balaban J connectivity index is 1.42. The number of unbranched alkanes of at least 4 members (excludes halogenated alkanes) is 1. The fourth-order valence-electron chi connectivity index (χ4n) is 4.87. The summed E-state index contributed by atoms with van der Waals surface area (Å²) in [6.07, 6.45) is 9.86. The average Bonchev–Trinajstić information content (AvgIpc) is 3.32. The number of carbonyl (C=O) groups excluding carboxylic acids is 1. The number of imidazole rings is 1. The third-order valence-electron chi connectivity index (χ3n) is 6.64. The second-order valence-electron chi connectivity index (χ2n) is 9.41. The summed E-state index contributed by atoms with van der Waals surface area (Å²) in [6.45, 7) is 7.20. The van der Waals surface area contributed by atoms with Crippen molar-refractivity contribution in [2.75, 3.05) is 19.8 Å². The van der Waals surface area contributed by atoms with Crippen LogP contribution in [0.4, 0.5) is 0 Å². The highest BCUT2D eigenvalue weighted by Gasteiger charge is 2.39. The summed E-state index contributed by atoms with van der Waals surface area (Å²) in [4.78, 5) is 17.5. The molecular weight excluding hydrogens is 410 g/mol. The van der Waals surface area contributed by atoms with Gasteiger partial charge in [-0.3, -0.25) is 4.79 Å². The van der Waals surface area contributed by atoms with Gasteiger partial charge in [-0.1, -0.05) is 53.6 Å². The van der Waals surface area contributed by atoms with E-state index in [0.717, 1.165) is 38.6 Å². The van der Waals surface area contributed by atoms with Gasteiger partial charge in [-0.25, -0.2) is 4.98 Å². The van der Waals surface area contributed by atoms with E-state index in [1.54, 1.807) is 6.20 Å². The molecule has 0 aliphatic carbocycles. The van der Waals surface area contributed by atoms with Crippen LogP contribution in [0.1, 0.15) is 42.4 Å². The van der Waals surface area contributed by atoms with Crippen molar-refractivity contribution in [3.63, 3.8) is 0 Å². The molecule has 0 bridgehead atoms. The molecule has 1 N–H and O–H groups in total. The number of amides is 1. The molecule has 0 atom stereocenters.